The van der Waals surface area contributed by atoms with Crippen LogP contribution in [0.4, 0.5) is 10.1 Å². The first-order valence-electron chi connectivity index (χ1n) is 9.55. The Kier molecular flexibility index (Phi) is 6.67. The average molecular weight is 415 g/mol. The molecule has 0 spiro atoms. The molecule has 1 saturated heterocycles. The zero-order valence-electron chi connectivity index (χ0n) is 16.2. The number of nitrogens with one attached hydrogen (secondary N) is 2. The fourth-order valence-corrected chi connectivity index (χ4v) is 3.74. The largest absolute Gasteiger partial charge is 0.319 e. The standard InChI is InChI=1S/C22H23FN4O.ClH/c1-15-5-4-6-17(13-15)27-21(16-9-11-24-12-10-16)18(14-25-27)22(28)26-20-8-3-2-7-19(20)23;/h2-8,13-14,16,24H,9-12H2,1H3,(H,26,28);1H. The predicted molar refractivity (Wildman–Crippen MR) is 115 cm³/mol. The number of nitrogens with zero attached hydrogens (tertiary/aromatic N) is 2. The topological polar surface area (TPSA) is 59.0 Å². The van der Waals surface area contributed by atoms with Gasteiger partial charge in [-0.2, -0.15) is 5.10 Å². The van der Waals surface area contributed by atoms with Crippen molar-refractivity contribution in [2.24, 2.45) is 0 Å². The Labute approximate surface area is 175 Å². The first-order chi connectivity index (χ1) is 13.6. The van der Waals surface area contributed by atoms with E-state index >= 15 is 0 Å². The smallest absolute Gasteiger partial charge is 0.259 e. The van der Waals surface area contributed by atoms with Crippen LogP contribution in [0.25, 0.3) is 5.69 Å². The summed E-state index contributed by atoms with van der Waals surface area (Å²) in [7, 11) is 0. The SMILES string of the molecule is Cc1cccc(-n2ncc(C(=O)Nc3ccccc3F)c2C2CCNCC2)c1.Cl. The van der Waals surface area contributed by atoms with Gasteiger partial charge in [0, 0.05) is 5.92 Å². The molecule has 0 aliphatic carbocycles. The van der Waals surface area contributed by atoms with Crippen molar-refractivity contribution < 1.29 is 9.18 Å². The van der Waals surface area contributed by atoms with Gasteiger partial charge in [-0.1, -0.05) is 24.3 Å². The minimum Gasteiger partial charge on any atom is -0.319 e. The van der Waals surface area contributed by atoms with Gasteiger partial charge in [0.15, 0.2) is 0 Å². The van der Waals surface area contributed by atoms with E-state index in [0.29, 0.717) is 5.56 Å². The average Bonchev–Trinajstić information content (AvgIpc) is 3.16. The van der Waals surface area contributed by atoms with Gasteiger partial charge in [0.2, 0.25) is 0 Å². The third-order valence-electron chi connectivity index (χ3n) is 5.15. The van der Waals surface area contributed by atoms with Crippen LogP contribution >= 0.6 is 12.4 Å². The van der Waals surface area contributed by atoms with Crippen LogP contribution in [-0.2, 0) is 0 Å². The van der Waals surface area contributed by atoms with Crippen LogP contribution in [0.1, 0.15) is 40.4 Å². The number of halogens is 2. The summed E-state index contributed by atoms with van der Waals surface area (Å²) in [5, 5.41) is 10.6. The highest BCUT2D eigenvalue weighted by atomic mass is 35.5. The van der Waals surface area contributed by atoms with Crippen molar-refractivity contribution >= 4 is 24.0 Å². The third kappa shape index (κ3) is 4.49. The second kappa shape index (κ2) is 9.20. The Balaban J connectivity index is 0.00000240. The molecule has 152 valence electrons. The Morgan fingerprint density at radius 3 is 2.66 bits per heavy atom. The first-order valence-corrected chi connectivity index (χ1v) is 9.55. The molecule has 1 fully saturated rings. The molecule has 2 N–H and O–H groups in total. The van der Waals surface area contributed by atoms with Crippen molar-refractivity contribution in [2.75, 3.05) is 18.4 Å². The van der Waals surface area contributed by atoms with Gasteiger partial charge in [-0.3, -0.25) is 4.79 Å². The maximum Gasteiger partial charge on any atom is 0.259 e. The summed E-state index contributed by atoms with van der Waals surface area (Å²) in [6.45, 7) is 3.83. The Bertz CT molecular complexity index is 998. The molecule has 0 unspecified atom stereocenters. The lowest BCUT2D eigenvalue weighted by atomic mass is 9.91. The van der Waals surface area contributed by atoms with E-state index < -0.39 is 5.82 Å². The fourth-order valence-electron chi connectivity index (χ4n) is 3.74. The molecule has 2 aromatic carbocycles. The van der Waals surface area contributed by atoms with Crippen molar-refractivity contribution in [1.29, 1.82) is 0 Å². The van der Waals surface area contributed by atoms with Gasteiger partial charge >= 0.3 is 0 Å². The Hall–Kier alpha value is -2.70. The summed E-state index contributed by atoms with van der Waals surface area (Å²) < 4.78 is 15.9. The van der Waals surface area contributed by atoms with Crippen LogP contribution in [-0.4, -0.2) is 28.8 Å². The summed E-state index contributed by atoms with van der Waals surface area (Å²) in [6, 6.07) is 14.2. The van der Waals surface area contributed by atoms with Crippen molar-refractivity contribution in [1.82, 2.24) is 15.1 Å². The molecule has 0 saturated carbocycles. The number of carbonyl (C=O) groups excluding carboxylic acids is 1. The van der Waals surface area contributed by atoms with Crippen LogP contribution in [0, 0.1) is 12.7 Å². The van der Waals surface area contributed by atoms with Crippen molar-refractivity contribution in [3.8, 4) is 5.69 Å². The van der Waals surface area contributed by atoms with Crippen LogP contribution in [0.2, 0.25) is 0 Å². The summed E-state index contributed by atoms with van der Waals surface area (Å²) in [5.74, 6) is -0.575. The molecule has 0 atom stereocenters. The molecule has 1 aliphatic heterocycles. The third-order valence-corrected chi connectivity index (χ3v) is 5.15. The zero-order chi connectivity index (χ0) is 19.5. The minimum atomic E-state index is -0.453. The summed E-state index contributed by atoms with van der Waals surface area (Å²) in [4.78, 5) is 13.0. The zero-order valence-corrected chi connectivity index (χ0v) is 17.0. The van der Waals surface area contributed by atoms with Crippen LogP contribution in [0.5, 0.6) is 0 Å². The molecule has 2 heterocycles. The van der Waals surface area contributed by atoms with Crippen LogP contribution in [0.15, 0.2) is 54.7 Å². The number of benzene rings is 2. The lowest BCUT2D eigenvalue weighted by Gasteiger charge is -2.24. The first kappa shape index (κ1) is 21.0. The number of anilines is 1. The van der Waals surface area contributed by atoms with E-state index in [4.69, 9.17) is 0 Å². The number of aryl methyl sites for hydroxylation is 1. The highest BCUT2D eigenvalue weighted by Gasteiger charge is 2.27. The minimum absolute atomic E-state index is 0. The van der Waals surface area contributed by atoms with E-state index in [1.807, 2.05) is 29.8 Å². The second-order valence-corrected chi connectivity index (χ2v) is 7.15. The number of hydrogen-bond donors (Lipinski definition) is 2. The fraction of sp³-hybridized carbons (Fsp3) is 0.273. The molecule has 1 aliphatic rings. The van der Waals surface area contributed by atoms with E-state index in [0.717, 1.165) is 42.9 Å². The molecule has 1 amide bonds. The van der Waals surface area contributed by atoms with Gasteiger partial charge in [0.1, 0.15) is 5.82 Å². The maximum absolute atomic E-state index is 14.0. The van der Waals surface area contributed by atoms with E-state index in [1.54, 1.807) is 24.4 Å². The van der Waals surface area contributed by atoms with Crippen molar-refractivity contribution in [2.45, 2.75) is 25.7 Å². The quantitative estimate of drug-likeness (QED) is 0.662. The second-order valence-electron chi connectivity index (χ2n) is 7.15. The number of hydrogen-bond acceptors (Lipinski definition) is 3. The summed E-state index contributed by atoms with van der Waals surface area (Å²) >= 11 is 0. The van der Waals surface area contributed by atoms with Crippen molar-refractivity contribution in [3.05, 3.63) is 77.4 Å². The number of rotatable bonds is 4. The number of para-hydroxylation sites is 1. The van der Waals surface area contributed by atoms with E-state index in [1.165, 1.54) is 6.07 Å². The van der Waals surface area contributed by atoms with Gasteiger partial charge in [-0.25, -0.2) is 9.07 Å². The summed E-state index contributed by atoms with van der Waals surface area (Å²) in [6.07, 6.45) is 3.45. The monoisotopic (exact) mass is 414 g/mol. The lowest BCUT2D eigenvalue weighted by Crippen LogP contribution is -2.29. The molecule has 3 aromatic rings. The van der Waals surface area contributed by atoms with Crippen molar-refractivity contribution in [3.63, 3.8) is 0 Å². The van der Waals surface area contributed by atoms with E-state index in [9.17, 15) is 9.18 Å². The predicted octanol–water partition coefficient (Wildman–Crippen LogP) is 4.46. The van der Waals surface area contributed by atoms with Crippen LogP contribution in [0.3, 0.4) is 0 Å². The molecule has 7 heteroatoms. The van der Waals surface area contributed by atoms with Gasteiger partial charge in [0.25, 0.3) is 5.91 Å². The molecule has 0 bridgehead atoms. The van der Waals surface area contributed by atoms with Gasteiger partial charge in [-0.05, 0) is 62.7 Å². The molecule has 29 heavy (non-hydrogen) atoms. The van der Waals surface area contributed by atoms with Gasteiger partial charge in [0.05, 0.1) is 28.8 Å². The highest BCUT2D eigenvalue weighted by Crippen LogP contribution is 2.31. The van der Waals surface area contributed by atoms with Crippen LogP contribution < -0.4 is 10.6 Å². The molecule has 5 nitrogen and oxygen atoms in total. The van der Waals surface area contributed by atoms with Gasteiger partial charge in [-0.15, -0.1) is 12.4 Å². The molecule has 4 rings (SSSR count). The maximum atomic E-state index is 14.0. The molecular formula is C22H24ClFN4O. The number of piperidine rings is 1. The normalized spacial score (nSPS) is 14.3. The Morgan fingerprint density at radius 2 is 1.93 bits per heavy atom. The number of aromatic nitrogens is 2. The molecule has 1 aromatic heterocycles. The molecule has 0 radical (unpaired) electrons. The molecular weight excluding hydrogens is 391 g/mol. The van der Waals surface area contributed by atoms with E-state index in [2.05, 4.69) is 21.8 Å². The Morgan fingerprint density at radius 1 is 1.17 bits per heavy atom. The number of amides is 1. The van der Waals surface area contributed by atoms with E-state index in [-0.39, 0.29) is 29.9 Å². The summed E-state index contributed by atoms with van der Waals surface area (Å²) in [5.41, 5.74) is 3.62. The van der Waals surface area contributed by atoms with Gasteiger partial charge < -0.3 is 10.6 Å². The highest BCUT2D eigenvalue weighted by molar-refractivity contribution is 6.05. The number of carbonyl (C=O) groups is 1. The lowest BCUT2D eigenvalue weighted by molar-refractivity contribution is 0.102.